The molecule has 0 fully saturated rings. The first-order valence-corrected chi connectivity index (χ1v) is 5.19. The van der Waals surface area contributed by atoms with Gasteiger partial charge in [0.15, 0.2) is 0 Å². The van der Waals surface area contributed by atoms with Gasteiger partial charge in [0, 0.05) is 18.3 Å². The second kappa shape index (κ2) is 8.62. The summed E-state index contributed by atoms with van der Waals surface area (Å²) >= 11 is 0. The number of rotatable bonds is 7. The minimum Gasteiger partial charge on any atom is -0.316 e. The Kier molecular flexibility index (Phi) is 7.72. The first-order chi connectivity index (χ1) is 7.74. The quantitative estimate of drug-likeness (QED) is 0.513. The molecule has 1 N–H and O–H groups in total. The maximum absolute atomic E-state index is 4.30. The molecule has 2 heteroatoms. The summed E-state index contributed by atoms with van der Waals surface area (Å²) < 4.78 is 0. The zero-order chi connectivity index (χ0) is 12.4. The summed E-state index contributed by atoms with van der Waals surface area (Å²) in [7, 11) is 1.89. The lowest BCUT2D eigenvalue weighted by molar-refractivity contribution is 0.893. The van der Waals surface area contributed by atoms with Crippen LogP contribution in [0, 0.1) is 0 Å². The largest absolute Gasteiger partial charge is 0.316 e. The highest BCUT2D eigenvalue weighted by Gasteiger charge is 2.04. The normalized spacial score (nSPS) is 13.5. The summed E-state index contributed by atoms with van der Waals surface area (Å²) in [5.41, 5.74) is 2.82. The van der Waals surface area contributed by atoms with E-state index >= 15 is 0 Å². The molecule has 16 heavy (non-hydrogen) atoms. The van der Waals surface area contributed by atoms with Crippen molar-refractivity contribution in [2.75, 3.05) is 13.6 Å². The van der Waals surface area contributed by atoms with Gasteiger partial charge in [-0.3, -0.25) is 4.99 Å². The summed E-state index contributed by atoms with van der Waals surface area (Å²) in [4.78, 5) is 4.30. The van der Waals surface area contributed by atoms with Crippen molar-refractivity contribution < 1.29 is 0 Å². The van der Waals surface area contributed by atoms with Crippen molar-refractivity contribution in [3.05, 3.63) is 61.4 Å². The lowest BCUT2D eigenvalue weighted by Crippen LogP contribution is -2.13. The van der Waals surface area contributed by atoms with Gasteiger partial charge >= 0.3 is 0 Å². The summed E-state index contributed by atoms with van der Waals surface area (Å²) in [6.45, 7) is 14.0. The average molecular weight is 216 g/mol. The van der Waals surface area contributed by atoms with E-state index in [1.165, 1.54) is 0 Å². The third-order valence-corrected chi connectivity index (χ3v) is 2.00. The molecule has 0 saturated carbocycles. The fraction of sp³-hybridized carbons (Fsp3) is 0.214. The van der Waals surface area contributed by atoms with Gasteiger partial charge in [-0.2, -0.15) is 0 Å². The molecule has 2 nitrogen and oxygen atoms in total. The van der Waals surface area contributed by atoms with Crippen LogP contribution in [-0.4, -0.2) is 19.3 Å². The Morgan fingerprint density at radius 3 is 2.25 bits per heavy atom. The molecule has 0 saturated heterocycles. The van der Waals surface area contributed by atoms with Gasteiger partial charge in [0.1, 0.15) is 0 Å². The predicted molar refractivity (Wildman–Crippen MR) is 73.8 cm³/mol. The van der Waals surface area contributed by atoms with Crippen LogP contribution in [0.25, 0.3) is 0 Å². The van der Waals surface area contributed by atoms with E-state index < -0.39 is 0 Å². The maximum Gasteiger partial charge on any atom is 0.0698 e. The van der Waals surface area contributed by atoms with E-state index in [9.17, 15) is 0 Å². The predicted octanol–water partition coefficient (Wildman–Crippen LogP) is 3.04. The molecule has 0 bridgehead atoms. The highest BCUT2D eigenvalue weighted by molar-refractivity contribution is 6.11. The summed E-state index contributed by atoms with van der Waals surface area (Å²) in [5.74, 6) is 0. The second-order valence-corrected chi connectivity index (χ2v) is 3.08. The van der Waals surface area contributed by atoms with Gasteiger partial charge in [-0.1, -0.05) is 38.0 Å². The number of likely N-dealkylation sites (N-methyl/N-ethyl adjacent to an activating group) is 1. The van der Waals surface area contributed by atoms with Crippen LogP contribution in [0.5, 0.6) is 0 Å². The van der Waals surface area contributed by atoms with E-state index in [0.29, 0.717) is 0 Å². The molecule has 0 amide bonds. The smallest absolute Gasteiger partial charge is 0.0698 e. The maximum atomic E-state index is 4.30. The van der Waals surface area contributed by atoms with Crippen molar-refractivity contribution in [2.45, 2.75) is 6.92 Å². The number of nitrogens with one attached hydrogen (secondary N) is 1. The number of allylic oxidation sites excluding steroid dienone is 4. The Balaban J connectivity index is 5.43. The molecule has 0 aliphatic heterocycles. The highest BCUT2D eigenvalue weighted by atomic mass is 14.8. The monoisotopic (exact) mass is 216 g/mol. The van der Waals surface area contributed by atoms with E-state index in [4.69, 9.17) is 0 Å². The zero-order valence-corrected chi connectivity index (χ0v) is 10.2. The lowest BCUT2D eigenvalue weighted by atomic mass is 10.0. The molecular weight excluding hydrogens is 196 g/mol. The van der Waals surface area contributed by atoms with Crippen molar-refractivity contribution in [1.29, 1.82) is 0 Å². The van der Waals surface area contributed by atoms with Crippen LogP contribution >= 0.6 is 0 Å². The molecule has 0 radical (unpaired) electrons. The van der Waals surface area contributed by atoms with Crippen LogP contribution in [-0.2, 0) is 0 Å². The van der Waals surface area contributed by atoms with Gasteiger partial charge in [-0.25, -0.2) is 0 Å². The minimum absolute atomic E-state index is 0.730. The average Bonchev–Trinajstić information content (AvgIpc) is 2.32. The summed E-state index contributed by atoms with van der Waals surface area (Å²) in [6.07, 6.45) is 8.91. The lowest BCUT2D eigenvalue weighted by Gasteiger charge is -2.08. The van der Waals surface area contributed by atoms with E-state index in [2.05, 4.69) is 30.0 Å². The molecular formula is C14H20N2. The van der Waals surface area contributed by atoms with Crippen LogP contribution in [0.2, 0.25) is 0 Å². The van der Waals surface area contributed by atoms with E-state index in [1.54, 1.807) is 18.4 Å². The molecule has 0 atom stereocenters. The molecule has 0 aromatic carbocycles. The molecule has 0 aliphatic rings. The van der Waals surface area contributed by atoms with Crippen molar-refractivity contribution in [3.8, 4) is 0 Å². The molecule has 0 spiro atoms. The molecule has 0 rings (SSSR count). The Hall–Kier alpha value is -1.67. The fourth-order valence-corrected chi connectivity index (χ4v) is 1.26. The molecule has 0 aromatic rings. The van der Waals surface area contributed by atoms with Crippen molar-refractivity contribution in [2.24, 2.45) is 4.99 Å². The van der Waals surface area contributed by atoms with Gasteiger partial charge in [-0.05, 0) is 25.6 Å². The van der Waals surface area contributed by atoms with Gasteiger partial charge in [0.25, 0.3) is 0 Å². The topological polar surface area (TPSA) is 24.4 Å². The first-order valence-electron chi connectivity index (χ1n) is 5.19. The fourth-order valence-electron chi connectivity index (χ4n) is 1.26. The Labute approximate surface area is 98.5 Å². The number of aliphatic imine (C=N–C) groups is 1. The van der Waals surface area contributed by atoms with Crippen LogP contribution in [0.3, 0.4) is 0 Å². The third-order valence-electron chi connectivity index (χ3n) is 2.00. The van der Waals surface area contributed by atoms with Gasteiger partial charge in [0.05, 0.1) is 5.71 Å². The van der Waals surface area contributed by atoms with E-state index in [0.717, 1.165) is 23.4 Å². The third kappa shape index (κ3) is 4.24. The number of nitrogens with zero attached hydrogens (tertiary/aromatic N) is 1. The van der Waals surface area contributed by atoms with Gasteiger partial charge in [-0.15, -0.1) is 0 Å². The minimum atomic E-state index is 0.730. The molecule has 0 heterocycles. The van der Waals surface area contributed by atoms with E-state index in [1.807, 2.05) is 26.1 Å². The molecule has 86 valence electrons. The van der Waals surface area contributed by atoms with Crippen molar-refractivity contribution in [3.63, 3.8) is 0 Å². The SMILES string of the molecule is C=CC(=N/C=C\C)/C(C=C)=C(/C=C)CNC. The second-order valence-electron chi connectivity index (χ2n) is 3.08. The van der Waals surface area contributed by atoms with Gasteiger partial charge < -0.3 is 5.32 Å². The van der Waals surface area contributed by atoms with Crippen LogP contribution in [0.1, 0.15) is 6.92 Å². The van der Waals surface area contributed by atoms with Crippen molar-refractivity contribution >= 4 is 5.71 Å². The standard InChI is InChI=1S/C14H20N2/c1-6-10-16-14(9-4)13(8-3)12(7-2)11-15-5/h6-10,15H,2-4,11H2,1,5H3/b10-6-,13-12-,16-14-. The number of hydrogen-bond donors (Lipinski definition) is 1. The first kappa shape index (κ1) is 14.3. The van der Waals surface area contributed by atoms with E-state index in [-0.39, 0.29) is 0 Å². The molecule has 0 aliphatic carbocycles. The van der Waals surface area contributed by atoms with Crippen LogP contribution in [0.15, 0.2) is 66.4 Å². The number of hydrogen-bond acceptors (Lipinski definition) is 2. The van der Waals surface area contributed by atoms with Crippen LogP contribution in [0.4, 0.5) is 0 Å². The molecule has 0 unspecified atom stereocenters. The van der Waals surface area contributed by atoms with Crippen LogP contribution < -0.4 is 5.32 Å². The summed E-state index contributed by atoms with van der Waals surface area (Å²) in [5, 5.41) is 3.08. The summed E-state index contributed by atoms with van der Waals surface area (Å²) in [6, 6.07) is 0. The Morgan fingerprint density at radius 1 is 1.19 bits per heavy atom. The Bertz CT molecular complexity index is 344. The molecule has 0 aromatic heterocycles. The Morgan fingerprint density at radius 2 is 1.88 bits per heavy atom. The van der Waals surface area contributed by atoms with Gasteiger partial charge in [0.2, 0.25) is 0 Å². The zero-order valence-electron chi connectivity index (χ0n) is 10.2. The van der Waals surface area contributed by atoms with Crippen molar-refractivity contribution in [1.82, 2.24) is 5.32 Å². The highest BCUT2D eigenvalue weighted by Crippen LogP contribution is 2.10.